The van der Waals surface area contributed by atoms with Gasteiger partial charge in [0.15, 0.2) is 0 Å². The predicted octanol–water partition coefficient (Wildman–Crippen LogP) is 5.97. The van der Waals surface area contributed by atoms with Crippen LogP contribution >= 0.6 is 0 Å². The van der Waals surface area contributed by atoms with Crippen molar-refractivity contribution in [3.05, 3.63) is 0 Å². The summed E-state index contributed by atoms with van der Waals surface area (Å²) in [5, 5.41) is 0. The first-order valence-electron chi connectivity index (χ1n) is 6.83. The molecule has 0 saturated heterocycles. The Balaban J connectivity index is 5.03. The molecule has 0 nitrogen and oxygen atoms in total. The molecule has 0 unspecified atom stereocenters. The summed E-state index contributed by atoms with van der Waals surface area (Å²) in [4.78, 5) is 0. The summed E-state index contributed by atoms with van der Waals surface area (Å²) in [5.74, 6) is 0. The van der Waals surface area contributed by atoms with Gasteiger partial charge in [-0.2, -0.15) is 0 Å². The molecule has 17 heavy (non-hydrogen) atoms. The van der Waals surface area contributed by atoms with E-state index < -0.39 is 16.7 Å². The van der Waals surface area contributed by atoms with Crippen LogP contribution in [-0.4, -0.2) is 4.73 Å². The molecule has 0 aromatic carbocycles. The number of hydrogen-bond donors (Lipinski definition) is 0. The van der Waals surface area contributed by atoms with E-state index in [2.05, 4.69) is 62.3 Å². The molecule has 0 amide bonds. The molecular weight excluding hydrogens is 373 g/mol. The number of hydrogen-bond acceptors (Lipinski definition) is 0. The van der Waals surface area contributed by atoms with Crippen LogP contribution in [0.25, 0.3) is 0 Å². The first-order chi connectivity index (χ1) is 7.12. The Morgan fingerprint density at radius 2 is 0.765 bits per heavy atom. The molecule has 0 atom stereocenters. The van der Waals surface area contributed by atoms with Gasteiger partial charge in [-0.1, -0.05) is 0 Å². The zero-order valence-corrected chi connectivity index (χ0v) is 17.0. The molecule has 104 valence electrons. The average molecular weight is 408 g/mol. The molecule has 0 aliphatic rings. The van der Waals surface area contributed by atoms with Crippen molar-refractivity contribution in [1.82, 2.24) is 0 Å². The molecule has 0 fully saturated rings. The second-order valence-electron chi connectivity index (χ2n) is 9.50. The van der Waals surface area contributed by atoms with E-state index in [1.54, 1.807) is 0 Å². The quantitative estimate of drug-likeness (QED) is 0.540. The molecule has 0 heterocycles. The van der Waals surface area contributed by atoms with Crippen LogP contribution in [0, 0.1) is 16.2 Å². The van der Waals surface area contributed by atoms with Crippen LogP contribution in [0.1, 0.15) is 62.3 Å². The predicted molar refractivity (Wildman–Crippen MR) is 79.9 cm³/mol. The molecule has 0 aliphatic carbocycles. The molecule has 0 bridgehead atoms. The van der Waals surface area contributed by atoms with Crippen molar-refractivity contribution in [2.75, 3.05) is 0 Å². The molecule has 0 radical (unpaired) electrons. The van der Waals surface area contributed by atoms with Crippen molar-refractivity contribution in [2.24, 2.45) is 16.2 Å². The molecule has 1 heteroatoms. The van der Waals surface area contributed by atoms with E-state index in [9.17, 15) is 0 Å². The Labute approximate surface area is 114 Å². The van der Waals surface area contributed by atoms with E-state index in [4.69, 9.17) is 4.73 Å². The second kappa shape index (κ2) is 5.31. The Hall–Kier alpha value is 0.610. The third-order valence-electron chi connectivity index (χ3n) is 2.43. The van der Waals surface area contributed by atoms with E-state index in [0.29, 0.717) is 16.2 Å². The summed E-state index contributed by atoms with van der Waals surface area (Å²) >= 11 is -2.29. The van der Waals surface area contributed by atoms with Gasteiger partial charge in [0.2, 0.25) is 0 Å². The van der Waals surface area contributed by atoms with E-state index in [-0.39, 0.29) is 0 Å². The first kappa shape index (κ1) is 17.6. The zero-order chi connectivity index (χ0) is 14.1. The standard InChI is InChI=1S/3C5H11.CH2.Ta/c3*1-5(2,3)4;;/h3*1H2,2-4H3;1H2;. The van der Waals surface area contributed by atoms with Gasteiger partial charge < -0.3 is 0 Å². The SMILES string of the molecule is [CH2]=[Ta]([CH2]C(C)(C)C)([CH2]C(C)(C)C)[CH2]C(C)(C)C. The maximum atomic E-state index is 4.84. The van der Waals surface area contributed by atoms with E-state index in [0.717, 1.165) is 0 Å². The van der Waals surface area contributed by atoms with Crippen molar-refractivity contribution in [1.29, 1.82) is 0 Å². The third kappa shape index (κ3) is 10.2. The molecule has 0 saturated carbocycles. The van der Waals surface area contributed by atoms with Crippen molar-refractivity contribution < 1.29 is 16.7 Å². The Bertz CT molecular complexity index is 231. The van der Waals surface area contributed by atoms with Gasteiger partial charge in [-0.15, -0.1) is 0 Å². The van der Waals surface area contributed by atoms with E-state index in [1.165, 1.54) is 13.9 Å². The zero-order valence-electron chi connectivity index (χ0n) is 13.8. The third-order valence-corrected chi connectivity index (χ3v) is 19.9. The Morgan fingerprint density at radius 1 is 0.588 bits per heavy atom. The van der Waals surface area contributed by atoms with Crippen LogP contribution in [0.4, 0.5) is 0 Å². The van der Waals surface area contributed by atoms with Crippen LogP contribution in [0.2, 0.25) is 13.9 Å². The number of rotatable bonds is 3. The molecule has 0 aliphatic heterocycles. The monoisotopic (exact) mass is 408 g/mol. The van der Waals surface area contributed by atoms with Crippen molar-refractivity contribution in [3.8, 4) is 0 Å². The van der Waals surface area contributed by atoms with Gasteiger partial charge in [0.25, 0.3) is 0 Å². The maximum absolute atomic E-state index is 4.84. The summed E-state index contributed by atoms with van der Waals surface area (Å²) in [6.45, 7) is 21.5. The van der Waals surface area contributed by atoms with Gasteiger partial charge in [0.1, 0.15) is 0 Å². The minimum absolute atomic E-state index is 0.455. The fourth-order valence-corrected chi connectivity index (χ4v) is 26.1. The fraction of sp³-hybridized carbons (Fsp3) is 0.938. The van der Waals surface area contributed by atoms with Gasteiger partial charge in [-0.3, -0.25) is 0 Å². The van der Waals surface area contributed by atoms with Gasteiger partial charge in [-0.25, -0.2) is 0 Å². The van der Waals surface area contributed by atoms with Crippen LogP contribution in [-0.2, 0) is 16.7 Å². The van der Waals surface area contributed by atoms with E-state index in [1.807, 2.05) is 0 Å². The van der Waals surface area contributed by atoms with Gasteiger partial charge >= 0.3 is 114 Å². The van der Waals surface area contributed by atoms with Crippen molar-refractivity contribution >= 4 is 4.73 Å². The summed E-state index contributed by atoms with van der Waals surface area (Å²) in [6, 6.07) is 0. The van der Waals surface area contributed by atoms with Crippen LogP contribution < -0.4 is 0 Å². The molecular formula is C16H35Ta. The van der Waals surface area contributed by atoms with Gasteiger partial charge in [0, 0.05) is 0 Å². The molecule has 0 aromatic rings. The van der Waals surface area contributed by atoms with Crippen molar-refractivity contribution in [3.63, 3.8) is 0 Å². The normalized spacial score (nSPS) is 15.1. The summed E-state index contributed by atoms with van der Waals surface area (Å²) < 4.78 is 9.10. The fourth-order valence-electron chi connectivity index (χ4n) is 3.19. The average Bonchev–Trinajstić information content (AvgIpc) is 1.65. The second-order valence-corrected chi connectivity index (χ2v) is 22.5. The molecule has 0 spiro atoms. The summed E-state index contributed by atoms with van der Waals surface area (Å²) in [7, 11) is 0. The van der Waals surface area contributed by atoms with Gasteiger partial charge in [0.05, 0.1) is 0 Å². The molecule has 0 aromatic heterocycles. The minimum atomic E-state index is -2.29. The Kier molecular flexibility index (Phi) is 5.50. The molecule has 0 N–H and O–H groups in total. The van der Waals surface area contributed by atoms with E-state index >= 15 is 0 Å². The van der Waals surface area contributed by atoms with Crippen LogP contribution in [0.5, 0.6) is 0 Å². The summed E-state index contributed by atoms with van der Waals surface area (Å²) in [6.07, 6.45) is 0. The first-order valence-corrected chi connectivity index (χ1v) is 15.9. The van der Waals surface area contributed by atoms with Crippen LogP contribution in [0.15, 0.2) is 0 Å². The van der Waals surface area contributed by atoms with Gasteiger partial charge in [-0.05, 0) is 0 Å². The summed E-state index contributed by atoms with van der Waals surface area (Å²) in [5.41, 5.74) is 1.37. The van der Waals surface area contributed by atoms with Crippen LogP contribution in [0.3, 0.4) is 0 Å². The Morgan fingerprint density at radius 3 is 0.882 bits per heavy atom. The topological polar surface area (TPSA) is 0 Å². The molecule has 0 rings (SSSR count). The van der Waals surface area contributed by atoms with Crippen molar-refractivity contribution in [2.45, 2.75) is 76.2 Å².